The number of aryl methyl sites for hydroxylation is 1. The van der Waals surface area contributed by atoms with Crippen LogP contribution in [0, 0.1) is 12.8 Å². The summed E-state index contributed by atoms with van der Waals surface area (Å²) < 4.78 is 38.4. The number of hydrogen-bond acceptors (Lipinski definition) is 7. The van der Waals surface area contributed by atoms with Crippen LogP contribution >= 0.6 is 11.3 Å². The third-order valence-corrected chi connectivity index (χ3v) is 8.43. The Labute approximate surface area is 203 Å². The van der Waals surface area contributed by atoms with Crippen molar-refractivity contribution in [2.75, 3.05) is 32.6 Å². The second-order valence-electron chi connectivity index (χ2n) is 8.04. The zero-order valence-electron chi connectivity index (χ0n) is 19.3. The molecule has 0 radical (unpaired) electrons. The average Bonchev–Trinajstić information content (AvgIpc) is 3.30. The molecule has 2 heterocycles. The molecular weight excluding hydrogens is 474 g/mol. The van der Waals surface area contributed by atoms with Gasteiger partial charge in [-0.25, -0.2) is 13.4 Å². The number of amides is 1. The number of sulfonamides is 1. The number of aromatic nitrogens is 1. The van der Waals surface area contributed by atoms with Crippen LogP contribution in [-0.4, -0.2) is 50.9 Å². The van der Waals surface area contributed by atoms with Gasteiger partial charge in [-0.1, -0.05) is 12.1 Å². The summed E-state index contributed by atoms with van der Waals surface area (Å²) in [5.41, 5.74) is 2.44. The predicted octanol–water partition coefficient (Wildman–Crippen LogP) is 4.18. The molecule has 0 spiro atoms. The number of ether oxygens (including phenoxy) is 2. The average molecular weight is 502 g/mol. The number of piperidine rings is 1. The molecule has 0 saturated carbocycles. The Bertz CT molecular complexity index is 1290. The van der Waals surface area contributed by atoms with Crippen molar-refractivity contribution >= 4 is 33.0 Å². The molecule has 3 aromatic rings. The number of nitrogens with zero attached hydrogens (tertiary/aromatic N) is 2. The summed E-state index contributed by atoms with van der Waals surface area (Å²) in [6, 6.07) is 12.0. The molecule has 0 bridgehead atoms. The summed E-state index contributed by atoms with van der Waals surface area (Å²) >= 11 is 1.57. The van der Waals surface area contributed by atoms with Crippen molar-refractivity contribution in [3.05, 3.63) is 52.9 Å². The van der Waals surface area contributed by atoms with E-state index in [1.165, 1.54) is 30.7 Å². The Balaban J connectivity index is 1.48. The lowest BCUT2D eigenvalue weighted by Crippen LogP contribution is -2.43. The number of benzene rings is 2. The molecule has 1 aliphatic rings. The predicted molar refractivity (Wildman–Crippen MR) is 132 cm³/mol. The Morgan fingerprint density at radius 1 is 1.15 bits per heavy atom. The van der Waals surface area contributed by atoms with E-state index in [0.29, 0.717) is 36.6 Å². The quantitative estimate of drug-likeness (QED) is 0.522. The zero-order valence-corrected chi connectivity index (χ0v) is 20.9. The molecule has 4 rings (SSSR count). The van der Waals surface area contributed by atoms with Crippen molar-refractivity contribution in [2.24, 2.45) is 5.92 Å². The molecule has 10 heteroatoms. The van der Waals surface area contributed by atoms with E-state index < -0.39 is 15.9 Å². The minimum absolute atomic E-state index is 0.109. The Kier molecular flexibility index (Phi) is 7.20. The number of methoxy groups -OCH3 is 2. The van der Waals surface area contributed by atoms with Gasteiger partial charge in [-0.3, -0.25) is 4.79 Å². The first-order valence-corrected chi connectivity index (χ1v) is 13.2. The summed E-state index contributed by atoms with van der Waals surface area (Å²) in [5, 5.41) is 5.91. The maximum absolute atomic E-state index is 13.3. The summed E-state index contributed by atoms with van der Waals surface area (Å²) in [5.74, 6) is 0.144. The van der Waals surface area contributed by atoms with Crippen molar-refractivity contribution in [3.63, 3.8) is 0 Å². The standard InChI is InChI=1S/C24H27N3O5S2/c1-16-25-21(15-33-16)17-6-4-8-19(12-17)26-24(28)18-7-5-11-27(14-18)34(29,30)20-9-10-22(31-2)23(13-20)32-3/h4,6,8-10,12-13,15,18H,5,7,11,14H2,1-3H3,(H,26,28)/t18-/m0/s1. The van der Waals surface area contributed by atoms with Gasteiger partial charge in [-0.15, -0.1) is 11.3 Å². The van der Waals surface area contributed by atoms with Crippen LogP contribution < -0.4 is 14.8 Å². The van der Waals surface area contributed by atoms with Crippen LogP contribution in [0.4, 0.5) is 5.69 Å². The highest BCUT2D eigenvalue weighted by atomic mass is 32.2. The van der Waals surface area contributed by atoms with E-state index in [2.05, 4.69) is 10.3 Å². The number of carbonyl (C=O) groups excluding carboxylic acids is 1. The number of carbonyl (C=O) groups is 1. The van der Waals surface area contributed by atoms with Gasteiger partial charge in [-0.2, -0.15) is 4.31 Å². The lowest BCUT2D eigenvalue weighted by atomic mass is 9.98. The summed E-state index contributed by atoms with van der Waals surface area (Å²) in [6.45, 7) is 2.43. The first kappa shape index (κ1) is 24.2. The van der Waals surface area contributed by atoms with E-state index in [-0.39, 0.29) is 17.3 Å². The lowest BCUT2D eigenvalue weighted by molar-refractivity contribution is -0.120. The van der Waals surface area contributed by atoms with Crippen LogP contribution in [0.3, 0.4) is 0 Å². The fourth-order valence-corrected chi connectivity index (χ4v) is 6.16. The fraction of sp³-hybridized carbons (Fsp3) is 0.333. The number of rotatable bonds is 7. The van der Waals surface area contributed by atoms with Crippen LogP contribution in [0.2, 0.25) is 0 Å². The van der Waals surface area contributed by atoms with Gasteiger partial charge in [0.1, 0.15) is 0 Å². The fourth-order valence-electron chi connectivity index (χ4n) is 4.00. The highest BCUT2D eigenvalue weighted by Crippen LogP contribution is 2.32. The first-order chi connectivity index (χ1) is 16.3. The molecule has 1 N–H and O–H groups in total. The normalized spacial score (nSPS) is 16.7. The molecule has 180 valence electrons. The van der Waals surface area contributed by atoms with Crippen LogP contribution in [0.25, 0.3) is 11.3 Å². The van der Waals surface area contributed by atoms with E-state index in [4.69, 9.17) is 9.47 Å². The van der Waals surface area contributed by atoms with Crippen LogP contribution in [0.5, 0.6) is 11.5 Å². The van der Waals surface area contributed by atoms with Crippen molar-refractivity contribution < 1.29 is 22.7 Å². The number of hydrogen-bond donors (Lipinski definition) is 1. The summed E-state index contributed by atoms with van der Waals surface area (Å²) in [4.78, 5) is 17.6. The van der Waals surface area contributed by atoms with E-state index in [0.717, 1.165) is 16.3 Å². The Morgan fingerprint density at radius 2 is 1.94 bits per heavy atom. The molecule has 1 fully saturated rings. The lowest BCUT2D eigenvalue weighted by Gasteiger charge is -2.31. The Morgan fingerprint density at radius 3 is 2.65 bits per heavy atom. The Hall–Kier alpha value is -2.95. The highest BCUT2D eigenvalue weighted by Gasteiger charge is 2.34. The van der Waals surface area contributed by atoms with Crippen molar-refractivity contribution in [3.8, 4) is 22.8 Å². The third-order valence-electron chi connectivity index (χ3n) is 5.79. The molecule has 0 unspecified atom stereocenters. The molecule has 0 aliphatic carbocycles. The topological polar surface area (TPSA) is 97.8 Å². The number of nitrogens with one attached hydrogen (secondary N) is 1. The van der Waals surface area contributed by atoms with Gasteiger partial charge < -0.3 is 14.8 Å². The number of anilines is 1. The van der Waals surface area contributed by atoms with Gasteiger partial charge in [0, 0.05) is 35.8 Å². The SMILES string of the molecule is COc1ccc(S(=O)(=O)N2CCC[C@H](C(=O)Nc3cccc(-c4csc(C)n4)c3)C2)cc1OC. The molecular formula is C24H27N3O5S2. The zero-order chi connectivity index (χ0) is 24.3. The number of thiazole rings is 1. The maximum Gasteiger partial charge on any atom is 0.243 e. The van der Waals surface area contributed by atoms with E-state index in [1.807, 2.05) is 36.6 Å². The highest BCUT2D eigenvalue weighted by molar-refractivity contribution is 7.89. The van der Waals surface area contributed by atoms with E-state index in [1.54, 1.807) is 17.4 Å². The van der Waals surface area contributed by atoms with Crippen LogP contribution in [0.1, 0.15) is 17.8 Å². The minimum atomic E-state index is -3.79. The van der Waals surface area contributed by atoms with Gasteiger partial charge in [0.25, 0.3) is 0 Å². The van der Waals surface area contributed by atoms with Gasteiger partial charge in [0.05, 0.1) is 35.7 Å². The van der Waals surface area contributed by atoms with Crippen molar-refractivity contribution in [1.82, 2.24) is 9.29 Å². The molecule has 2 aromatic carbocycles. The second-order valence-corrected chi connectivity index (χ2v) is 11.0. The maximum atomic E-state index is 13.3. The van der Waals surface area contributed by atoms with Crippen molar-refractivity contribution in [1.29, 1.82) is 0 Å². The molecule has 1 aromatic heterocycles. The van der Waals surface area contributed by atoms with Gasteiger partial charge in [-0.05, 0) is 44.0 Å². The van der Waals surface area contributed by atoms with Gasteiger partial charge in [0.15, 0.2) is 11.5 Å². The smallest absolute Gasteiger partial charge is 0.243 e. The molecule has 8 nitrogen and oxygen atoms in total. The molecule has 1 saturated heterocycles. The van der Waals surface area contributed by atoms with Crippen molar-refractivity contribution in [2.45, 2.75) is 24.7 Å². The monoisotopic (exact) mass is 501 g/mol. The largest absolute Gasteiger partial charge is 0.493 e. The van der Waals surface area contributed by atoms with Crippen LogP contribution in [0.15, 0.2) is 52.7 Å². The van der Waals surface area contributed by atoms with Gasteiger partial charge >= 0.3 is 0 Å². The second kappa shape index (κ2) is 10.1. The minimum Gasteiger partial charge on any atom is -0.493 e. The van der Waals surface area contributed by atoms with E-state index in [9.17, 15) is 13.2 Å². The molecule has 1 amide bonds. The third kappa shape index (κ3) is 5.08. The molecule has 1 atom stereocenters. The molecule has 34 heavy (non-hydrogen) atoms. The van der Waals surface area contributed by atoms with Crippen LogP contribution in [-0.2, 0) is 14.8 Å². The molecule has 1 aliphatic heterocycles. The van der Waals surface area contributed by atoms with E-state index >= 15 is 0 Å². The summed E-state index contributed by atoms with van der Waals surface area (Å²) in [7, 11) is -0.837. The first-order valence-electron chi connectivity index (χ1n) is 10.9. The summed E-state index contributed by atoms with van der Waals surface area (Å²) in [6.07, 6.45) is 1.22. The van der Waals surface area contributed by atoms with Gasteiger partial charge in [0.2, 0.25) is 15.9 Å².